The molecule has 21 heavy (non-hydrogen) atoms. The van der Waals surface area contributed by atoms with Gasteiger partial charge in [-0.1, -0.05) is 39.7 Å². The Kier molecular flexibility index (Phi) is 5.17. The monoisotopic (exact) mass is 368 g/mol. The van der Waals surface area contributed by atoms with E-state index in [9.17, 15) is 4.79 Å². The van der Waals surface area contributed by atoms with Gasteiger partial charge in [0.1, 0.15) is 11.0 Å². The van der Waals surface area contributed by atoms with E-state index in [1.54, 1.807) is 0 Å². The summed E-state index contributed by atoms with van der Waals surface area (Å²) in [6, 6.07) is 10.6. The molecular weight excluding hydrogens is 356 g/mol. The molecule has 1 heterocycles. The Morgan fingerprint density at radius 2 is 2.14 bits per heavy atom. The van der Waals surface area contributed by atoms with Gasteiger partial charge in [-0.05, 0) is 36.8 Å². The van der Waals surface area contributed by atoms with Crippen LogP contribution in [0, 0.1) is 0 Å². The molecule has 0 aliphatic rings. The molecule has 0 fully saturated rings. The Morgan fingerprint density at radius 1 is 1.38 bits per heavy atom. The second kappa shape index (κ2) is 6.89. The minimum absolute atomic E-state index is 0.142. The van der Waals surface area contributed by atoms with E-state index in [2.05, 4.69) is 31.7 Å². The van der Waals surface area contributed by atoms with Gasteiger partial charge in [0.25, 0.3) is 5.91 Å². The van der Waals surface area contributed by atoms with E-state index in [0.717, 1.165) is 10.0 Å². The van der Waals surface area contributed by atoms with Crippen LogP contribution >= 0.6 is 27.5 Å². The molecule has 0 radical (unpaired) electrons. The molecule has 4 N–H and O–H groups in total. The van der Waals surface area contributed by atoms with Crippen LogP contribution in [0.4, 0.5) is 5.82 Å². The third kappa shape index (κ3) is 4.17. The van der Waals surface area contributed by atoms with Gasteiger partial charge in [-0.15, -0.1) is 0 Å². The van der Waals surface area contributed by atoms with Crippen molar-refractivity contribution in [3.05, 3.63) is 57.2 Å². The smallest absolute Gasteiger partial charge is 0.251 e. The number of benzene rings is 1. The number of nitrogens with one attached hydrogen (secondary N) is 2. The molecule has 1 amide bonds. The maximum absolute atomic E-state index is 12.3. The summed E-state index contributed by atoms with van der Waals surface area (Å²) >= 11 is 9.26. The lowest BCUT2D eigenvalue weighted by Gasteiger charge is -2.15. The normalized spacial score (nSPS) is 11.8. The topological polar surface area (TPSA) is 80.0 Å². The minimum Gasteiger partial charge on any atom is -0.346 e. The third-order valence-corrected chi connectivity index (χ3v) is 3.59. The molecule has 5 nitrogen and oxygen atoms in total. The molecule has 7 heteroatoms. The molecule has 2 rings (SSSR count). The van der Waals surface area contributed by atoms with Crippen LogP contribution in [0.15, 0.2) is 40.9 Å². The molecule has 0 saturated heterocycles. The number of hydrogen-bond donors (Lipinski definition) is 3. The summed E-state index contributed by atoms with van der Waals surface area (Å²) in [5, 5.41) is 3.10. The molecule has 1 aromatic heterocycles. The second-order valence-corrected chi connectivity index (χ2v) is 5.76. The van der Waals surface area contributed by atoms with Gasteiger partial charge < -0.3 is 10.7 Å². The van der Waals surface area contributed by atoms with Crippen LogP contribution < -0.4 is 16.6 Å². The molecule has 0 bridgehead atoms. The summed E-state index contributed by atoms with van der Waals surface area (Å²) < 4.78 is 0.961. The van der Waals surface area contributed by atoms with Crippen molar-refractivity contribution >= 4 is 39.3 Å². The fourth-order valence-corrected chi connectivity index (χ4v) is 2.47. The predicted molar refractivity (Wildman–Crippen MR) is 87.1 cm³/mol. The highest BCUT2D eigenvalue weighted by Crippen LogP contribution is 2.19. The van der Waals surface area contributed by atoms with Crippen LogP contribution in [0.1, 0.15) is 28.9 Å². The van der Waals surface area contributed by atoms with Gasteiger partial charge in [0.2, 0.25) is 0 Å². The Bertz CT molecular complexity index is 665. The number of nitrogen functional groups attached to an aromatic ring is 1. The fourth-order valence-electron chi connectivity index (χ4n) is 1.84. The molecule has 1 aromatic carbocycles. The van der Waals surface area contributed by atoms with Crippen molar-refractivity contribution in [3.8, 4) is 0 Å². The number of anilines is 1. The van der Waals surface area contributed by atoms with E-state index < -0.39 is 0 Å². The highest BCUT2D eigenvalue weighted by molar-refractivity contribution is 9.10. The maximum atomic E-state index is 12.3. The van der Waals surface area contributed by atoms with E-state index in [4.69, 9.17) is 17.4 Å². The van der Waals surface area contributed by atoms with E-state index in [-0.39, 0.29) is 17.1 Å². The van der Waals surface area contributed by atoms with Crippen molar-refractivity contribution in [2.75, 3.05) is 5.43 Å². The highest BCUT2D eigenvalue weighted by atomic mass is 79.9. The summed E-state index contributed by atoms with van der Waals surface area (Å²) in [6.07, 6.45) is 0. The quantitative estimate of drug-likeness (QED) is 0.439. The number of halogens is 2. The van der Waals surface area contributed by atoms with Crippen molar-refractivity contribution in [1.29, 1.82) is 0 Å². The first-order chi connectivity index (χ1) is 9.99. The van der Waals surface area contributed by atoms with Crippen LogP contribution in [-0.4, -0.2) is 10.9 Å². The van der Waals surface area contributed by atoms with Gasteiger partial charge in [0.05, 0.1) is 6.04 Å². The zero-order valence-corrected chi connectivity index (χ0v) is 13.6. The summed E-state index contributed by atoms with van der Waals surface area (Å²) in [7, 11) is 0. The molecule has 2 aromatic rings. The van der Waals surface area contributed by atoms with Crippen LogP contribution in [-0.2, 0) is 0 Å². The number of hydrogen-bond acceptors (Lipinski definition) is 4. The van der Waals surface area contributed by atoms with E-state index >= 15 is 0 Å². The van der Waals surface area contributed by atoms with Crippen molar-refractivity contribution in [3.63, 3.8) is 0 Å². The lowest BCUT2D eigenvalue weighted by molar-refractivity contribution is 0.0940. The number of rotatable bonds is 4. The second-order valence-electron chi connectivity index (χ2n) is 4.46. The molecular formula is C14H14BrClN4O. The molecule has 1 atom stereocenters. The number of aromatic nitrogens is 1. The Labute approximate surface area is 136 Å². The minimum atomic E-state index is -0.247. The van der Waals surface area contributed by atoms with Crippen molar-refractivity contribution < 1.29 is 4.79 Å². The van der Waals surface area contributed by atoms with Crippen molar-refractivity contribution in [2.24, 2.45) is 5.84 Å². The first kappa shape index (κ1) is 15.8. The van der Waals surface area contributed by atoms with Crippen LogP contribution in [0.3, 0.4) is 0 Å². The van der Waals surface area contributed by atoms with Gasteiger partial charge in [0.15, 0.2) is 0 Å². The molecule has 1 unspecified atom stereocenters. The maximum Gasteiger partial charge on any atom is 0.251 e. The average molecular weight is 370 g/mol. The predicted octanol–water partition coefficient (Wildman–Crippen LogP) is 3.27. The Balaban J connectivity index is 2.16. The number of amides is 1. The van der Waals surface area contributed by atoms with E-state index in [1.807, 2.05) is 31.2 Å². The van der Waals surface area contributed by atoms with Crippen LogP contribution in [0.2, 0.25) is 5.15 Å². The average Bonchev–Trinajstić information content (AvgIpc) is 2.46. The standard InChI is InChI=1S/C14H14BrClN4O/c1-8(9-3-2-4-11(15)5-9)18-14(21)10-6-12(16)19-13(7-10)20-17/h2-8H,17H2,1H3,(H,18,21)(H,19,20). The van der Waals surface area contributed by atoms with Gasteiger partial charge in [-0.2, -0.15) is 0 Å². The van der Waals surface area contributed by atoms with E-state index in [0.29, 0.717) is 11.4 Å². The first-order valence-corrected chi connectivity index (χ1v) is 7.37. The molecule has 0 saturated carbocycles. The number of pyridine rings is 1. The Morgan fingerprint density at radius 3 is 2.81 bits per heavy atom. The molecule has 0 spiro atoms. The fraction of sp³-hybridized carbons (Fsp3) is 0.143. The van der Waals surface area contributed by atoms with Crippen LogP contribution in [0.5, 0.6) is 0 Å². The number of nitrogens with two attached hydrogens (primary N) is 1. The van der Waals surface area contributed by atoms with Gasteiger partial charge in [0, 0.05) is 10.0 Å². The van der Waals surface area contributed by atoms with Crippen molar-refractivity contribution in [1.82, 2.24) is 10.3 Å². The summed E-state index contributed by atoms with van der Waals surface area (Å²) in [4.78, 5) is 16.2. The number of carbonyl (C=O) groups is 1. The summed E-state index contributed by atoms with van der Waals surface area (Å²) in [6.45, 7) is 1.91. The summed E-state index contributed by atoms with van der Waals surface area (Å²) in [5.41, 5.74) is 3.76. The van der Waals surface area contributed by atoms with Gasteiger partial charge >= 0.3 is 0 Å². The zero-order chi connectivity index (χ0) is 15.4. The zero-order valence-electron chi connectivity index (χ0n) is 11.2. The largest absolute Gasteiger partial charge is 0.346 e. The van der Waals surface area contributed by atoms with Crippen LogP contribution in [0.25, 0.3) is 0 Å². The van der Waals surface area contributed by atoms with Gasteiger partial charge in [-0.3, -0.25) is 4.79 Å². The SMILES string of the molecule is CC(NC(=O)c1cc(Cl)nc(NN)c1)c1cccc(Br)c1. The van der Waals surface area contributed by atoms with Gasteiger partial charge in [-0.25, -0.2) is 10.8 Å². The highest BCUT2D eigenvalue weighted by Gasteiger charge is 2.13. The van der Waals surface area contributed by atoms with E-state index in [1.165, 1.54) is 12.1 Å². The first-order valence-electron chi connectivity index (χ1n) is 6.20. The molecule has 110 valence electrons. The number of nitrogens with zero attached hydrogens (tertiary/aromatic N) is 1. The third-order valence-electron chi connectivity index (χ3n) is 2.90. The number of carbonyl (C=O) groups excluding carboxylic acids is 1. The Hall–Kier alpha value is -1.63. The summed E-state index contributed by atoms with van der Waals surface area (Å²) in [5.74, 6) is 5.38. The molecule has 0 aliphatic heterocycles. The number of hydrazine groups is 1. The molecule has 0 aliphatic carbocycles. The van der Waals surface area contributed by atoms with Crippen molar-refractivity contribution in [2.45, 2.75) is 13.0 Å². The lowest BCUT2D eigenvalue weighted by Crippen LogP contribution is -2.27. The lowest BCUT2D eigenvalue weighted by atomic mass is 10.1.